The van der Waals surface area contributed by atoms with Gasteiger partial charge in [-0.2, -0.15) is 0 Å². The number of likely N-dealkylation sites (tertiary alicyclic amines) is 1. The second-order valence-electron chi connectivity index (χ2n) is 5.60. The molecule has 0 amide bonds. The molecule has 1 aromatic carbocycles. The predicted molar refractivity (Wildman–Crippen MR) is 79.2 cm³/mol. The van der Waals surface area contributed by atoms with Crippen molar-refractivity contribution in [2.75, 3.05) is 40.4 Å². The van der Waals surface area contributed by atoms with Gasteiger partial charge in [-0.15, -0.1) is 0 Å². The Labute approximate surface area is 121 Å². The molecule has 112 valence electrons. The van der Waals surface area contributed by atoms with E-state index in [4.69, 9.17) is 4.74 Å². The second-order valence-corrected chi connectivity index (χ2v) is 5.60. The van der Waals surface area contributed by atoms with Gasteiger partial charge < -0.3 is 15.0 Å². The number of hydrogen-bond acceptors (Lipinski definition) is 3. The third-order valence-electron chi connectivity index (χ3n) is 4.11. The number of hydrogen-bond donors (Lipinski definition) is 1. The normalized spacial score (nSPS) is 21.2. The first-order chi connectivity index (χ1) is 9.72. The standard InChI is InChI=1S/C16H25FN2O/c1-18-16(14-4-3-5-15(17)10-14)7-9-19-8-6-13(11-19)12-20-2/h3-5,10,13,16,18H,6-9,11-12H2,1-2H3. The molecule has 2 atom stereocenters. The molecule has 1 N–H and O–H groups in total. The maximum atomic E-state index is 13.3. The molecule has 2 unspecified atom stereocenters. The summed E-state index contributed by atoms with van der Waals surface area (Å²) in [6, 6.07) is 7.10. The third kappa shape index (κ3) is 4.27. The van der Waals surface area contributed by atoms with Crippen LogP contribution in [0.1, 0.15) is 24.4 Å². The number of nitrogens with one attached hydrogen (secondary N) is 1. The van der Waals surface area contributed by atoms with Crippen molar-refractivity contribution >= 4 is 0 Å². The van der Waals surface area contributed by atoms with Crippen molar-refractivity contribution in [2.45, 2.75) is 18.9 Å². The van der Waals surface area contributed by atoms with Gasteiger partial charge in [0.2, 0.25) is 0 Å². The zero-order chi connectivity index (χ0) is 14.4. The quantitative estimate of drug-likeness (QED) is 0.830. The van der Waals surface area contributed by atoms with Crippen LogP contribution in [0, 0.1) is 11.7 Å². The molecule has 0 spiro atoms. The highest BCUT2D eigenvalue weighted by Gasteiger charge is 2.22. The fraction of sp³-hybridized carbons (Fsp3) is 0.625. The van der Waals surface area contributed by atoms with Crippen LogP contribution in [0.5, 0.6) is 0 Å². The Morgan fingerprint density at radius 2 is 2.35 bits per heavy atom. The minimum Gasteiger partial charge on any atom is -0.384 e. The SMILES string of the molecule is CNC(CCN1CCC(COC)C1)c1cccc(F)c1. The molecule has 3 nitrogen and oxygen atoms in total. The first-order valence-corrected chi connectivity index (χ1v) is 7.37. The number of nitrogens with zero attached hydrogens (tertiary/aromatic N) is 1. The number of methoxy groups -OCH3 is 1. The highest BCUT2D eigenvalue weighted by molar-refractivity contribution is 5.20. The van der Waals surface area contributed by atoms with Crippen molar-refractivity contribution in [1.29, 1.82) is 0 Å². The van der Waals surface area contributed by atoms with E-state index < -0.39 is 0 Å². The van der Waals surface area contributed by atoms with E-state index in [0.29, 0.717) is 5.92 Å². The molecule has 1 aliphatic heterocycles. The van der Waals surface area contributed by atoms with Gasteiger partial charge in [0.1, 0.15) is 5.82 Å². The molecule has 1 aliphatic rings. The number of ether oxygens (including phenoxy) is 1. The number of benzene rings is 1. The number of halogens is 1. The Bertz CT molecular complexity index is 413. The van der Waals surface area contributed by atoms with Gasteiger partial charge in [0.25, 0.3) is 0 Å². The lowest BCUT2D eigenvalue weighted by Crippen LogP contribution is -2.27. The van der Waals surface area contributed by atoms with E-state index in [9.17, 15) is 4.39 Å². The number of rotatable bonds is 7. The van der Waals surface area contributed by atoms with Crippen LogP contribution in [0.2, 0.25) is 0 Å². The van der Waals surface area contributed by atoms with E-state index in [0.717, 1.165) is 38.2 Å². The zero-order valence-electron chi connectivity index (χ0n) is 12.4. The van der Waals surface area contributed by atoms with Crippen molar-refractivity contribution in [3.8, 4) is 0 Å². The Morgan fingerprint density at radius 3 is 3.05 bits per heavy atom. The van der Waals surface area contributed by atoms with Crippen LogP contribution < -0.4 is 5.32 Å². The molecule has 0 saturated carbocycles. The first kappa shape index (κ1) is 15.4. The van der Waals surface area contributed by atoms with Crippen LogP contribution in [0.15, 0.2) is 24.3 Å². The van der Waals surface area contributed by atoms with E-state index in [2.05, 4.69) is 10.2 Å². The first-order valence-electron chi connectivity index (χ1n) is 7.37. The molecule has 20 heavy (non-hydrogen) atoms. The summed E-state index contributed by atoms with van der Waals surface area (Å²) < 4.78 is 18.5. The van der Waals surface area contributed by atoms with E-state index in [1.165, 1.54) is 12.5 Å². The summed E-state index contributed by atoms with van der Waals surface area (Å²) in [7, 11) is 3.71. The molecule has 0 aliphatic carbocycles. The molecule has 0 radical (unpaired) electrons. The van der Waals surface area contributed by atoms with Gasteiger partial charge in [-0.05, 0) is 56.6 Å². The lowest BCUT2D eigenvalue weighted by Gasteiger charge is -2.21. The second kappa shape index (κ2) is 7.72. The highest BCUT2D eigenvalue weighted by Crippen LogP contribution is 2.21. The highest BCUT2D eigenvalue weighted by atomic mass is 19.1. The minimum atomic E-state index is -0.163. The Morgan fingerprint density at radius 1 is 1.50 bits per heavy atom. The van der Waals surface area contributed by atoms with Gasteiger partial charge in [0.15, 0.2) is 0 Å². The fourth-order valence-corrected chi connectivity index (χ4v) is 3.00. The molecule has 1 saturated heterocycles. The topological polar surface area (TPSA) is 24.5 Å². The maximum Gasteiger partial charge on any atom is 0.123 e. The van der Waals surface area contributed by atoms with Crippen LogP contribution in [0.4, 0.5) is 4.39 Å². The van der Waals surface area contributed by atoms with E-state index >= 15 is 0 Å². The lowest BCUT2D eigenvalue weighted by atomic mass is 10.0. The maximum absolute atomic E-state index is 13.3. The minimum absolute atomic E-state index is 0.163. The summed E-state index contributed by atoms with van der Waals surface area (Å²) >= 11 is 0. The summed E-state index contributed by atoms with van der Waals surface area (Å²) in [5.41, 5.74) is 1.03. The summed E-state index contributed by atoms with van der Waals surface area (Å²) in [4.78, 5) is 2.48. The zero-order valence-corrected chi connectivity index (χ0v) is 12.4. The molecule has 1 fully saturated rings. The van der Waals surface area contributed by atoms with E-state index in [1.54, 1.807) is 19.2 Å². The molecule has 4 heteroatoms. The predicted octanol–water partition coefficient (Wildman–Crippen LogP) is 2.44. The lowest BCUT2D eigenvalue weighted by molar-refractivity contribution is 0.153. The molecule has 2 rings (SSSR count). The fourth-order valence-electron chi connectivity index (χ4n) is 3.00. The van der Waals surface area contributed by atoms with Gasteiger partial charge in [0.05, 0.1) is 6.61 Å². The molecule has 1 aromatic rings. The average Bonchev–Trinajstić information content (AvgIpc) is 2.88. The Hall–Kier alpha value is -0.970. The van der Waals surface area contributed by atoms with Crippen LogP contribution in [0.3, 0.4) is 0 Å². The Balaban J connectivity index is 1.83. The van der Waals surface area contributed by atoms with Crippen LogP contribution in [0.25, 0.3) is 0 Å². The molecule has 0 aromatic heterocycles. The van der Waals surface area contributed by atoms with Crippen molar-refractivity contribution in [2.24, 2.45) is 5.92 Å². The average molecular weight is 280 g/mol. The summed E-state index contributed by atoms with van der Waals surface area (Å²) in [5.74, 6) is 0.506. The molecule has 0 bridgehead atoms. The van der Waals surface area contributed by atoms with Crippen molar-refractivity contribution in [1.82, 2.24) is 10.2 Å². The third-order valence-corrected chi connectivity index (χ3v) is 4.11. The van der Waals surface area contributed by atoms with Gasteiger partial charge in [-0.3, -0.25) is 0 Å². The van der Waals surface area contributed by atoms with Gasteiger partial charge in [-0.1, -0.05) is 12.1 Å². The molecule has 1 heterocycles. The smallest absolute Gasteiger partial charge is 0.123 e. The molecular weight excluding hydrogens is 255 g/mol. The van der Waals surface area contributed by atoms with Crippen molar-refractivity contribution < 1.29 is 9.13 Å². The summed E-state index contributed by atoms with van der Waals surface area (Å²) in [6.45, 7) is 4.17. The van der Waals surface area contributed by atoms with Crippen LogP contribution in [-0.2, 0) is 4.74 Å². The van der Waals surface area contributed by atoms with E-state index in [1.807, 2.05) is 13.1 Å². The monoisotopic (exact) mass is 280 g/mol. The van der Waals surface area contributed by atoms with Crippen LogP contribution >= 0.6 is 0 Å². The Kier molecular flexibility index (Phi) is 5.95. The van der Waals surface area contributed by atoms with Crippen molar-refractivity contribution in [3.05, 3.63) is 35.6 Å². The van der Waals surface area contributed by atoms with Gasteiger partial charge >= 0.3 is 0 Å². The van der Waals surface area contributed by atoms with Gasteiger partial charge in [0, 0.05) is 19.7 Å². The summed E-state index contributed by atoms with van der Waals surface area (Å²) in [5, 5.41) is 3.29. The van der Waals surface area contributed by atoms with Crippen LogP contribution in [-0.4, -0.2) is 45.3 Å². The largest absolute Gasteiger partial charge is 0.384 e. The van der Waals surface area contributed by atoms with Gasteiger partial charge in [-0.25, -0.2) is 4.39 Å². The summed E-state index contributed by atoms with van der Waals surface area (Å²) in [6.07, 6.45) is 2.22. The van der Waals surface area contributed by atoms with Crippen molar-refractivity contribution in [3.63, 3.8) is 0 Å². The molecular formula is C16H25FN2O. The van der Waals surface area contributed by atoms with E-state index in [-0.39, 0.29) is 11.9 Å².